The number of allylic oxidation sites excluding steroid dienone is 4. The van der Waals surface area contributed by atoms with Gasteiger partial charge in [0, 0.05) is 6.42 Å². The molecule has 0 spiro atoms. The Labute approximate surface area is 158 Å². The largest absolute Gasteiger partial charge is 0.513 e. The number of nitrogens with two attached hydrogens (primary N) is 1. The number of rotatable bonds is 4. The van der Waals surface area contributed by atoms with E-state index in [1.807, 2.05) is 19.8 Å². The summed E-state index contributed by atoms with van der Waals surface area (Å²) in [6.45, 7) is 7.14. The van der Waals surface area contributed by atoms with Crippen molar-refractivity contribution < 1.29 is 14.7 Å². The molecule has 0 saturated carbocycles. The van der Waals surface area contributed by atoms with Crippen molar-refractivity contribution in [1.82, 2.24) is 0 Å². The van der Waals surface area contributed by atoms with E-state index in [2.05, 4.69) is 36.1 Å². The summed E-state index contributed by atoms with van der Waals surface area (Å²) in [5, 5.41) is 9.12. The summed E-state index contributed by atoms with van der Waals surface area (Å²) in [6, 6.07) is 8.72. The Bertz CT molecular complexity index is 541. The Hall–Kier alpha value is -2.20. The van der Waals surface area contributed by atoms with Crippen LogP contribution in [-0.2, 0) is 16.0 Å². The normalized spacial score (nSPS) is 12.8. The first kappa shape index (κ1) is 26.0. The van der Waals surface area contributed by atoms with Crippen LogP contribution in [0.15, 0.2) is 42.2 Å². The molecular formula is C22H35NO3. The van der Waals surface area contributed by atoms with Crippen LogP contribution in [0.4, 0.5) is 0 Å². The van der Waals surface area contributed by atoms with Crippen LogP contribution in [0.1, 0.15) is 64.0 Å². The second-order valence-electron chi connectivity index (χ2n) is 5.78. The highest BCUT2D eigenvalue weighted by molar-refractivity contribution is 5.74. The fourth-order valence-electron chi connectivity index (χ4n) is 2.22. The Kier molecular flexibility index (Phi) is 17.6. The quantitative estimate of drug-likeness (QED) is 0.738. The smallest absolute Gasteiger partial charge is 0.129 e. The zero-order chi connectivity index (χ0) is 20.4. The molecule has 0 amide bonds. The van der Waals surface area contributed by atoms with E-state index in [1.165, 1.54) is 49.4 Å². The van der Waals surface area contributed by atoms with Gasteiger partial charge < -0.3 is 20.4 Å². The molecule has 3 N–H and O–H groups in total. The maximum absolute atomic E-state index is 9.81. The second kappa shape index (κ2) is 17.6. The number of hydrogen-bond acceptors (Lipinski definition) is 4. The number of carbonyl (C=O) groups excluding carboxylic acids is 2. The maximum Gasteiger partial charge on any atom is 0.129 e. The second-order valence-corrected chi connectivity index (χ2v) is 5.78. The lowest BCUT2D eigenvalue weighted by Gasteiger charge is -2.13. The molecule has 1 aliphatic rings. The van der Waals surface area contributed by atoms with Crippen molar-refractivity contribution in [2.24, 2.45) is 5.73 Å². The third kappa shape index (κ3) is 13.1. The number of aliphatic hydroxyl groups excluding tert-OH is 1. The number of Topliss-reactive ketones (excluding diaryl/α,β-unsaturated/α-hetero) is 1. The highest BCUT2D eigenvalue weighted by Crippen LogP contribution is 2.26. The summed E-state index contributed by atoms with van der Waals surface area (Å²) in [5.41, 5.74) is 8.60. The van der Waals surface area contributed by atoms with Crippen LogP contribution in [-0.4, -0.2) is 24.7 Å². The number of benzene rings is 1. The van der Waals surface area contributed by atoms with E-state index in [0.717, 1.165) is 6.42 Å². The molecule has 0 atom stereocenters. The lowest BCUT2D eigenvalue weighted by molar-refractivity contribution is -0.116. The lowest BCUT2D eigenvalue weighted by atomic mass is 9.93. The minimum Gasteiger partial charge on any atom is -0.513 e. The Morgan fingerprint density at radius 2 is 1.69 bits per heavy atom. The van der Waals surface area contributed by atoms with E-state index in [4.69, 9.17) is 9.90 Å². The minimum atomic E-state index is 0.255. The first-order valence-electron chi connectivity index (χ1n) is 9.03. The SMILES string of the molecule is C/C(O)=C\Cc1ccc(C2=CCCCC2)cc1.C=O.CCC(C)=O.CN. The van der Waals surface area contributed by atoms with Gasteiger partial charge >= 0.3 is 0 Å². The van der Waals surface area contributed by atoms with Crippen molar-refractivity contribution >= 4 is 18.1 Å². The monoisotopic (exact) mass is 361 g/mol. The molecule has 0 fully saturated rings. The van der Waals surface area contributed by atoms with Crippen LogP contribution in [0.25, 0.3) is 5.57 Å². The third-order valence-electron chi connectivity index (χ3n) is 3.75. The minimum absolute atomic E-state index is 0.255. The van der Waals surface area contributed by atoms with Gasteiger partial charge in [-0.3, -0.25) is 0 Å². The molecule has 0 heterocycles. The fourth-order valence-corrected chi connectivity index (χ4v) is 2.22. The molecule has 1 aromatic carbocycles. The molecule has 0 aromatic heterocycles. The molecule has 0 bridgehead atoms. The summed E-state index contributed by atoms with van der Waals surface area (Å²) >= 11 is 0. The van der Waals surface area contributed by atoms with Crippen LogP contribution in [0.2, 0.25) is 0 Å². The van der Waals surface area contributed by atoms with Crippen LogP contribution in [0.5, 0.6) is 0 Å². The average molecular weight is 362 g/mol. The number of carbonyl (C=O) groups is 2. The summed E-state index contributed by atoms with van der Waals surface area (Å²) in [5.74, 6) is 0.647. The van der Waals surface area contributed by atoms with E-state index < -0.39 is 0 Å². The van der Waals surface area contributed by atoms with Gasteiger partial charge in [0.05, 0.1) is 5.76 Å². The van der Waals surface area contributed by atoms with E-state index in [0.29, 0.717) is 12.2 Å². The lowest BCUT2D eigenvalue weighted by Crippen LogP contribution is -1.92. The predicted octanol–water partition coefficient (Wildman–Crippen LogP) is 5.02. The van der Waals surface area contributed by atoms with E-state index in [9.17, 15) is 4.79 Å². The van der Waals surface area contributed by atoms with Crippen molar-refractivity contribution in [1.29, 1.82) is 0 Å². The van der Waals surface area contributed by atoms with Crippen LogP contribution in [0, 0.1) is 0 Å². The van der Waals surface area contributed by atoms with Crippen LogP contribution in [0.3, 0.4) is 0 Å². The Balaban J connectivity index is 0. The van der Waals surface area contributed by atoms with Gasteiger partial charge in [-0.1, -0.05) is 37.3 Å². The molecule has 1 aliphatic carbocycles. The van der Waals surface area contributed by atoms with E-state index in [1.54, 1.807) is 13.8 Å². The molecule has 4 nitrogen and oxygen atoms in total. The van der Waals surface area contributed by atoms with E-state index in [-0.39, 0.29) is 5.78 Å². The molecule has 146 valence electrons. The topological polar surface area (TPSA) is 80.4 Å². The Morgan fingerprint density at radius 1 is 1.15 bits per heavy atom. The summed E-state index contributed by atoms with van der Waals surface area (Å²) in [7, 11) is 1.50. The third-order valence-corrected chi connectivity index (χ3v) is 3.75. The standard InChI is InChI=1S/C16H20O.C4H8O.CH5N.CH2O/c1-13(17)7-8-14-9-11-16(12-10-14)15-5-3-2-4-6-15;1-3-4(2)5;2*1-2/h5,7,9-12,17H,2-4,6,8H2,1H3;3H2,1-2H3;2H2,1H3;1H2/b13-7+;;;. The van der Waals surface area contributed by atoms with Gasteiger partial charge in [0.1, 0.15) is 12.6 Å². The molecule has 2 rings (SSSR count). The molecule has 0 aliphatic heterocycles. The van der Waals surface area contributed by atoms with Crippen molar-refractivity contribution in [3.63, 3.8) is 0 Å². The van der Waals surface area contributed by atoms with Crippen LogP contribution >= 0.6 is 0 Å². The Morgan fingerprint density at radius 3 is 2.08 bits per heavy atom. The molecule has 1 aromatic rings. The first-order chi connectivity index (χ1) is 12.5. The van der Waals surface area contributed by atoms with Gasteiger partial charge in [0.15, 0.2) is 0 Å². The fraction of sp³-hybridized carbons (Fsp3) is 0.455. The number of hydrogen-bond donors (Lipinski definition) is 2. The van der Waals surface area contributed by atoms with Crippen LogP contribution < -0.4 is 5.73 Å². The van der Waals surface area contributed by atoms with Gasteiger partial charge in [0.2, 0.25) is 0 Å². The molecular weight excluding hydrogens is 326 g/mol. The average Bonchev–Trinajstić information content (AvgIpc) is 2.71. The van der Waals surface area contributed by atoms with Gasteiger partial charge in [-0.25, -0.2) is 0 Å². The van der Waals surface area contributed by atoms with Gasteiger partial charge in [-0.15, -0.1) is 0 Å². The number of ketones is 1. The molecule has 4 heteroatoms. The maximum atomic E-state index is 9.81. The number of aliphatic hydroxyl groups is 1. The highest BCUT2D eigenvalue weighted by atomic mass is 16.3. The molecule has 0 unspecified atom stereocenters. The molecule has 26 heavy (non-hydrogen) atoms. The predicted molar refractivity (Wildman–Crippen MR) is 111 cm³/mol. The highest BCUT2D eigenvalue weighted by Gasteiger charge is 2.05. The zero-order valence-corrected chi connectivity index (χ0v) is 16.8. The first-order valence-corrected chi connectivity index (χ1v) is 9.03. The zero-order valence-electron chi connectivity index (χ0n) is 16.8. The van der Waals surface area contributed by atoms with Crippen molar-refractivity contribution in [2.45, 2.75) is 59.3 Å². The van der Waals surface area contributed by atoms with Gasteiger partial charge in [-0.05, 0) is 75.8 Å². The summed E-state index contributed by atoms with van der Waals surface area (Å²) in [4.78, 5) is 17.8. The van der Waals surface area contributed by atoms with Crippen molar-refractivity contribution in [3.8, 4) is 0 Å². The summed E-state index contributed by atoms with van der Waals surface area (Å²) < 4.78 is 0. The van der Waals surface area contributed by atoms with Crippen molar-refractivity contribution in [2.75, 3.05) is 7.05 Å². The van der Waals surface area contributed by atoms with Gasteiger partial charge in [-0.2, -0.15) is 0 Å². The van der Waals surface area contributed by atoms with Gasteiger partial charge in [0.25, 0.3) is 0 Å². The summed E-state index contributed by atoms with van der Waals surface area (Å²) in [6.07, 6.45) is 10.8. The van der Waals surface area contributed by atoms with E-state index >= 15 is 0 Å². The molecule has 0 saturated heterocycles. The molecule has 0 radical (unpaired) electrons. The van der Waals surface area contributed by atoms with Crippen molar-refractivity contribution in [3.05, 3.63) is 53.3 Å².